The first-order chi connectivity index (χ1) is 13.8. The van der Waals surface area contributed by atoms with E-state index in [0.29, 0.717) is 6.42 Å². The van der Waals surface area contributed by atoms with Gasteiger partial charge in [0.05, 0.1) is 11.0 Å². The summed E-state index contributed by atoms with van der Waals surface area (Å²) in [5.74, 6) is 2.29. The number of rotatable bonds is 8. The van der Waals surface area contributed by atoms with Gasteiger partial charge in [0.15, 0.2) is 9.84 Å². The van der Waals surface area contributed by atoms with Crippen molar-refractivity contribution < 1.29 is 17.9 Å². The van der Waals surface area contributed by atoms with Crippen molar-refractivity contribution in [3.8, 4) is 11.5 Å². The van der Waals surface area contributed by atoms with E-state index in [9.17, 15) is 13.2 Å². The summed E-state index contributed by atoms with van der Waals surface area (Å²) in [7, 11) is -3.01. The third-order valence-corrected chi connectivity index (χ3v) is 8.14. The molecule has 0 heterocycles. The Balaban J connectivity index is 1.48. The predicted octanol–water partition coefficient (Wildman–Crippen LogP) is 5.22. The lowest BCUT2D eigenvalue weighted by Crippen LogP contribution is -2.29. The number of benzene rings is 2. The second-order valence-electron chi connectivity index (χ2n) is 8.30. The second kappa shape index (κ2) is 9.57. The van der Waals surface area contributed by atoms with Crippen molar-refractivity contribution >= 4 is 15.6 Å². The van der Waals surface area contributed by atoms with E-state index in [1.165, 1.54) is 0 Å². The third-order valence-electron chi connectivity index (χ3n) is 5.77. The highest BCUT2D eigenvalue weighted by molar-refractivity contribution is 7.91. The van der Waals surface area contributed by atoms with Gasteiger partial charge >= 0.3 is 0 Å². The zero-order valence-corrected chi connectivity index (χ0v) is 18.0. The molecule has 156 valence electrons. The molecule has 1 saturated carbocycles. The van der Waals surface area contributed by atoms with E-state index in [1.54, 1.807) is 13.8 Å². The smallest absolute Gasteiger partial charge is 0.152 e. The number of carbonyl (C=O) groups is 1. The van der Waals surface area contributed by atoms with Crippen LogP contribution in [0.5, 0.6) is 11.5 Å². The standard InChI is InChI=1S/C24H30O4S/c1-18(2)29(26,27)17-20-8-12-21(13-9-20)24(25)16-19-10-14-23(15-11-19)28-22-6-4-3-5-7-22/h3-7,10-11,14-15,18,20-21H,8-9,12-13,16-17H2,1-2H3. The molecule has 2 aromatic rings. The highest BCUT2D eigenvalue weighted by Crippen LogP contribution is 2.32. The van der Waals surface area contributed by atoms with Gasteiger partial charge in [0.2, 0.25) is 0 Å². The third kappa shape index (κ3) is 6.17. The van der Waals surface area contributed by atoms with Crippen LogP contribution in [-0.4, -0.2) is 25.2 Å². The lowest BCUT2D eigenvalue weighted by Gasteiger charge is -2.28. The second-order valence-corrected chi connectivity index (χ2v) is 10.9. The fourth-order valence-electron chi connectivity index (χ4n) is 3.82. The van der Waals surface area contributed by atoms with Gasteiger partial charge in [0, 0.05) is 12.3 Å². The van der Waals surface area contributed by atoms with Gasteiger partial charge in [-0.1, -0.05) is 30.3 Å². The fraction of sp³-hybridized carbons (Fsp3) is 0.458. The van der Waals surface area contributed by atoms with E-state index in [1.807, 2.05) is 54.6 Å². The first-order valence-electron chi connectivity index (χ1n) is 10.4. The summed E-state index contributed by atoms with van der Waals surface area (Å²) in [5.41, 5.74) is 0.986. The van der Waals surface area contributed by atoms with Crippen molar-refractivity contribution in [1.82, 2.24) is 0 Å². The highest BCUT2D eigenvalue weighted by atomic mass is 32.2. The van der Waals surface area contributed by atoms with E-state index in [-0.39, 0.29) is 28.6 Å². The van der Waals surface area contributed by atoms with Crippen LogP contribution in [0.2, 0.25) is 0 Å². The van der Waals surface area contributed by atoms with Gasteiger partial charge in [-0.15, -0.1) is 0 Å². The summed E-state index contributed by atoms with van der Waals surface area (Å²) >= 11 is 0. The fourth-order valence-corrected chi connectivity index (χ4v) is 5.19. The molecule has 0 atom stereocenters. The summed E-state index contributed by atoms with van der Waals surface area (Å²) in [6.45, 7) is 3.47. The van der Waals surface area contributed by atoms with Crippen LogP contribution in [0.4, 0.5) is 0 Å². The normalized spacial score (nSPS) is 19.8. The van der Waals surface area contributed by atoms with Gasteiger partial charge in [-0.05, 0) is 75.3 Å². The monoisotopic (exact) mass is 414 g/mol. The van der Waals surface area contributed by atoms with Gasteiger partial charge in [0.25, 0.3) is 0 Å². The maximum Gasteiger partial charge on any atom is 0.152 e. The molecule has 2 aromatic carbocycles. The molecule has 0 radical (unpaired) electrons. The number of ether oxygens (including phenoxy) is 1. The molecule has 5 heteroatoms. The summed E-state index contributed by atoms with van der Waals surface area (Å²) in [5, 5.41) is -0.323. The molecule has 0 aromatic heterocycles. The summed E-state index contributed by atoms with van der Waals surface area (Å²) < 4.78 is 30.0. The van der Waals surface area contributed by atoms with Crippen LogP contribution in [-0.2, 0) is 21.1 Å². The Kier molecular flexibility index (Phi) is 7.12. The molecular weight excluding hydrogens is 384 g/mol. The van der Waals surface area contributed by atoms with Gasteiger partial charge in [0.1, 0.15) is 17.3 Å². The summed E-state index contributed by atoms with van der Waals surface area (Å²) in [6.07, 6.45) is 3.67. The maximum absolute atomic E-state index is 12.7. The number of para-hydroxylation sites is 1. The number of hydrogen-bond acceptors (Lipinski definition) is 4. The molecule has 1 aliphatic carbocycles. The minimum Gasteiger partial charge on any atom is -0.457 e. The van der Waals surface area contributed by atoms with Crippen molar-refractivity contribution in [2.75, 3.05) is 5.75 Å². The topological polar surface area (TPSA) is 60.4 Å². The lowest BCUT2D eigenvalue weighted by atomic mass is 9.79. The van der Waals surface area contributed by atoms with Gasteiger partial charge in [-0.3, -0.25) is 4.79 Å². The Morgan fingerprint density at radius 2 is 1.52 bits per heavy atom. The average molecular weight is 415 g/mol. The van der Waals surface area contributed by atoms with Crippen molar-refractivity contribution in [1.29, 1.82) is 0 Å². The maximum atomic E-state index is 12.7. The van der Waals surface area contributed by atoms with E-state index in [2.05, 4.69) is 0 Å². The van der Waals surface area contributed by atoms with Crippen LogP contribution in [0.1, 0.15) is 45.1 Å². The number of ketones is 1. The molecule has 4 nitrogen and oxygen atoms in total. The van der Waals surface area contributed by atoms with Crippen molar-refractivity contribution in [3.05, 3.63) is 60.2 Å². The minimum absolute atomic E-state index is 0.0493. The zero-order chi connectivity index (χ0) is 20.9. The Hall–Kier alpha value is -2.14. The minimum atomic E-state index is -3.01. The summed E-state index contributed by atoms with van der Waals surface area (Å²) in [6, 6.07) is 17.3. The molecule has 3 rings (SSSR count). The molecule has 0 aliphatic heterocycles. The van der Waals surface area contributed by atoms with Crippen LogP contribution in [0.15, 0.2) is 54.6 Å². The van der Waals surface area contributed by atoms with E-state index in [0.717, 1.165) is 42.7 Å². The van der Waals surface area contributed by atoms with Crippen LogP contribution >= 0.6 is 0 Å². The first-order valence-corrected chi connectivity index (χ1v) is 12.1. The van der Waals surface area contributed by atoms with Crippen LogP contribution in [0, 0.1) is 11.8 Å². The van der Waals surface area contributed by atoms with Crippen LogP contribution in [0.3, 0.4) is 0 Å². The SMILES string of the molecule is CC(C)S(=O)(=O)CC1CCC(C(=O)Cc2ccc(Oc3ccccc3)cc2)CC1. The molecule has 0 saturated heterocycles. The Morgan fingerprint density at radius 3 is 2.10 bits per heavy atom. The molecular formula is C24H30O4S. The van der Waals surface area contributed by atoms with E-state index >= 15 is 0 Å². The first kappa shape index (κ1) is 21.6. The molecule has 0 N–H and O–H groups in total. The molecule has 0 unspecified atom stereocenters. The quantitative estimate of drug-likeness (QED) is 0.594. The van der Waals surface area contributed by atoms with E-state index < -0.39 is 9.84 Å². The van der Waals surface area contributed by atoms with Crippen molar-refractivity contribution in [3.63, 3.8) is 0 Å². The lowest BCUT2D eigenvalue weighted by molar-refractivity contribution is -0.123. The number of carbonyl (C=O) groups excluding carboxylic acids is 1. The van der Waals surface area contributed by atoms with Crippen LogP contribution in [0.25, 0.3) is 0 Å². The molecule has 0 spiro atoms. The molecule has 1 aliphatic rings. The predicted molar refractivity (Wildman–Crippen MR) is 116 cm³/mol. The molecule has 0 bridgehead atoms. The molecule has 1 fully saturated rings. The summed E-state index contributed by atoms with van der Waals surface area (Å²) in [4.78, 5) is 12.7. The number of hydrogen-bond donors (Lipinski definition) is 0. The van der Waals surface area contributed by atoms with Crippen LogP contribution < -0.4 is 4.74 Å². The van der Waals surface area contributed by atoms with E-state index in [4.69, 9.17) is 4.74 Å². The van der Waals surface area contributed by atoms with Crippen molar-refractivity contribution in [2.24, 2.45) is 11.8 Å². The highest BCUT2D eigenvalue weighted by Gasteiger charge is 2.29. The average Bonchev–Trinajstić information content (AvgIpc) is 2.70. The van der Waals surface area contributed by atoms with Gasteiger partial charge in [-0.25, -0.2) is 8.42 Å². The molecule has 0 amide bonds. The molecule has 29 heavy (non-hydrogen) atoms. The largest absolute Gasteiger partial charge is 0.457 e. The van der Waals surface area contributed by atoms with Gasteiger partial charge in [-0.2, -0.15) is 0 Å². The van der Waals surface area contributed by atoms with Gasteiger partial charge < -0.3 is 4.74 Å². The Labute approximate surface area is 174 Å². The number of sulfone groups is 1. The van der Waals surface area contributed by atoms with Crippen molar-refractivity contribution in [2.45, 2.75) is 51.2 Å². The Bertz CT molecular complexity index is 894. The number of Topliss-reactive ketones (excluding diaryl/α,β-unsaturated/α-hetero) is 1. The Morgan fingerprint density at radius 1 is 0.931 bits per heavy atom. The zero-order valence-electron chi connectivity index (χ0n) is 17.2.